The number of phenolic OH excluding ortho intramolecular Hbond substituents is 1. The van der Waals surface area contributed by atoms with Gasteiger partial charge in [0.2, 0.25) is 17.7 Å². The molecular weight excluding hydrogens is 661 g/mol. The molecule has 3 aliphatic heterocycles. The Balaban J connectivity index is 0.991. The zero-order valence-corrected chi connectivity index (χ0v) is 27.1. The lowest BCUT2D eigenvalue weighted by Crippen LogP contribution is -2.44. The highest BCUT2D eigenvalue weighted by Crippen LogP contribution is 2.50. The first kappa shape index (κ1) is 32.4. The third-order valence-electron chi connectivity index (χ3n) is 9.46. The van der Waals surface area contributed by atoms with E-state index in [1.165, 1.54) is 33.4 Å². The van der Waals surface area contributed by atoms with E-state index < -0.39 is 52.6 Å². The van der Waals surface area contributed by atoms with Crippen molar-refractivity contribution in [2.45, 2.75) is 38.1 Å². The van der Waals surface area contributed by atoms with E-state index in [9.17, 15) is 38.2 Å². The van der Waals surface area contributed by atoms with Crippen molar-refractivity contribution in [1.82, 2.24) is 19.2 Å². The minimum atomic E-state index is -3.84. The third kappa shape index (κ3) is 5.83. The molecule has 0 bridgehead atoms. The quantitative estimate of drug-likeness (QED) is 0.163. The van der Waals surface area contributed by atoms with Crippen LogP contribution in [0.25, 0.3) is 21.8 Å². The van der Waals surface area contributed by atoms with Crippen LogP contribution in [0.4, 0.5) is 21.5 Å². The van der Waals surface area contributed by atoms with Crippen LogP contribution in [0.1, 0.15) is 38.1 Å². The molecule has 15 nitrogen and oxygen atoms in total. The molecule has 3 aliphatic rings. The number of nitrogens with zero attached hydrogens (tertiary/aromatic N) is 4. The van der Waals surface area contributed by atoms with Crippen molar-refractivity contribution in [3.63, 3.8) is 0 Å². The Bertz CT molecular complexity index is 2120. The van der Waals surface area contributed by atoms with Gasteiger partial charge in [-0.2, -0.15) is 0 Å². The molecular formula is C32H34FN7O8S. The molecule has 1 unspecified atom stereocenters. The van der Waals surface area contributed by atoms with Gasteiger partial charge in [0.15, 0.2) is 5.82 Å². The van der Waals surface area contributed by atoms with Gasteiger partial charge in [0.25, 0.3) is 5.91 Å². The fraction of sp³-hybridized carbons (Fsp3) is 0.344. The summed E-state index contributed by atoms with van der Waals surface area (Å²) >= 11 is 0. The van der Waals surface area contributed by atoms with Crippen molar-refractivity contribution in [3.8, 4) is 5.75 Å². The Morgan fingerprint density at radius 2 is 1.76 bits per heavy atom. The molecule has 6 N–H and O–H groups in total. The number of nitrogens with one attached hydrogen (secondary N) is 3. The first-order chi connectivity index (χ1) is 23.3. The highest BCUT2D eigenvalue weighted by molar-refractivity contribution is 8.24. The average Bonchev–Trinajstić information content (AvgIpc) is 3.46. The van der Waals surface area contributed by atoms with Gasteiger partial charge in [0, 0.05) is 49.7 Å². The molecule has 258 valence electrons. The van der Waals surface area contributed by atoms with Crippen molar-refractivity contribution in [1.29, 1.82) is 0 Å². The smallest absolute Gasteiger partial charge is 0.329 e. The maximum atomic E-state index is 15.4. The number of halogens is 1. The summed E-state index contributed by atoms with van der Waals surface area (Å²) in [6.07, 6.45) is 2.18. The molecule has 17 heteroatoms. The molecule has 3 saturated heterocycles. The summed E-state index contributed by atoms with van der Waals surface area (Å²) in [7, 11) is -2.19. The first-order valence-electron chi connectivity index (χ1n) is 15.7. The number of anilines is 3. The van der Waals surface area contributed by atoms with E-state index in [4.69, 9.17) is 0 Å². The van der Waals surface area contributed by atoms with Crippen LogP contribution in [0.5, 0.6) is 5.75 Å². The molecule has 3 fully saturated rings. The van der Waals surface area contributed by atoms with Crippen molar-refractivity contribution < 1.29 is 37.8 Å². The highest BCUT2D eigenvalue weighted by Gasteiger charge is 2.38. The monoisotopic (exact) mass is 695 g/mol. The summed E-state index contributed by atoms with van der Waals surface area (Å²) in [5.41, 5.74) is 1.76. The molecule has 1 atom stereocenters. The molecule has 1 aromatic heterocycles. The number of piperidine rings is 2. The van der Waals surface area contributed by atoms with Crippen LogP contribution < -0.4 is 30.3 Å². The zero-order chi connectivity index (χ0) is 34.8. The molecule has 4 heterocycles. The molecule has 0 saturated carbocycles. The van der Waals surface area contributed by atoms with Gasteiger partial charge >= 0.3 is 5.69 Å². The van der Waals surface area contributed by atoms with Gasteiger partial charge in [-0.05, 0) is 84.0 Å². The number of imidazole rings is 1. The van der Waals surface area contributed by atoms with Gasteiger partial charge in [0.1, 0.15) is 24.0 Å². The summed E-state index contributed by atoms with van der Waals surface area (Å²) in [5.74, 6) is -3.20. The minimum absolute atomic E-state index is 0.0542. The number of imide groups is 1. The number of benzene rings is 3. The van der Waals surface area contributed by atoms with E-state index in [1.807, 2.05) is 22.9 Å². The maximum Gasteiger partial charge on any atom is 0.329 e. The van der Waals surface area contributed by atoms with E-state index in [1.54, 1.807) is 7.05 Å². The molecule has 4 aromatic rings. The number of hydrogen-bond donors (Lipinski definition) is 6. The first-order valence-corrected chi connectivity index (χ1v) is 17.2. The molecule has 0 radical (unpaired) electrons. The lowest BCUT2D eigenvalue weighted by molar-refractivity contribution is -0.135. The Labute approximate surface area is 279 Å². The highest BCUT2D eigenvalue weighted by atomic mass is 32.3. The van der Waals surface area contributed by atoms with Crippen LogP contribution in [0.3, 0.4) is 0 Å². The summed E-state index contributed by atoms with van der Waals surface area (Å²) in [6, 6.07) is 10.5. The van der Waals surface area contributed by atoms with Crippen molar-refractivity contribution in [2.75, 3.05) is 34.2 Å². The van der Waals surface area contributed by atoms with E-state index in [-0.39, 0.29) is 53.5 Å². The van der Waals surface area contributed by atoms with Crippen LogP contribution in [-0.2, 0) is 26.2 Å². The molecule has 7 rings (SSSR count). The van der Waals surface area contributed by atoms with Crippen LogP contribution in [0.2, 0.25) is 0 Å². The van der Waals surface area contributed by atoms with E-state index >= 15 is 4.39 Å². The number of fused-ring (bicyclic) bond motifs is 2. The van der Waals surface area contributed by atoms with Crippen molar-refractivity contribution >= 4 is 73.5 Å². The Morgan fingerprint density at radius 1 is 1.00 bits per heavy atom. The molecule has 0 aliphatic carbocycles. The number of rotatable bonds is 6. The van der Waals surface area contributed by atoms with Gasteiger partial charge in [0.05, 0.1) is 11.0 Å². The predicted molar refractivity (Wildman–Crippen MR) is 181 cm³/mol. The largest absolute Gasteiger partial charge is 0.506 e. The molecule has 0 spiro atoms. The second kappa shape index (κ2) is 12.1. The Kier molecular flexibility index (Phi) is 7.99. The van der Waals surface area contributed by atoms with E-state index in [0.717, 1.165) is 18.5 Å². The van der Waals surface area contributed by atoms with E-state index in [2.05, 4.69) is 15.5 Å². The normalized spacial score (nSPS) is 20.5. The number of phenols is 1. The fourth-order valence-electron chi connectivity index (χ4n) is 6.97. The molecule has 4 amide bonds. The lowest BCUT2D eigenvalue weighted by atomic mass is 9.93. The van der Waals surface area contributed by atoms with Gasteiger partial charge in [-0.1, -0.05) is 0 Å². The Hall–Kier alpha value is -5.13. The second-order valence-electron chi connectivity index (χ2n) is 12.6. The van der Waals surface area contributed by atoms with Crippen LogP contribution in [-0.4, -0.2) is 66.6 Å². The number of carbonyl (C=O) groups excluding carboxylic acids is 4. The van der Waals surface area contributed by atoms with E-state index in [0.29, 0.717) is 34.1 Å². The lowest BCUT2D eigenvalue weighted by Gasteiger charge is -2.36. The summed E-state index contributed by atoms with van der Waals surface area (Å²) in [6.45, 7) is 0.831. The Morgan fingerprint density at radius 3 is 2.45 bits per heavy atom. The van der Waals surface area contributed by atoms with Crippen molar-refractivity contribution in [2.24, 2.45) is 13.0 Å². The van der Waals surface area contributed by atoms with Gasteiger partial charge in [-0.3, -0.25) is 42.7 Å². The van der Waals surface area contributed by atoms with Crippen LogP contribution in [0, 0.1) is 11.7 Å². The summed E-state index contributed by atoms with van der Waals surface area (Å²) < 4.78 is 41.3. The van der Waals surface area contributed by atoms with Gasteiger partial charge < -0.3 is 15.3 Å². The third-order valence-corrected chi connectivity index (χ3v) is 10.9. The van der Waals surface area contributed by atoms with Crippen LogP contribution >= 0.6 is 11.0 Å². The minimum Gasteiger partial charge on any atom is -0.506 e. The number of hydrogen-bond acceptors (Lipinski definition) is 10. The zero-order valence-electron chi connectivity index (χ0n) is 26.3. The number of amides is 4. The second-order valence-corrected chi connectivity index (χ2v) is 14.3. The number of aryl methyl sites for hydroxylation is 1. The molecule has 3 aromatic carbocycles. The summed E-state index contributed by atoms with van der Waals surface area (Å²) in [4.78, 5) is 64.1. The topological polar surface area (TPSA) is 198 Å². The van der Waals surface area contributed by atoms with Crippen molar-refractivity contribution in [3.05, 3.63) is 58.8 Å². The molecule has 49 heavy (non-hydrogen) atoms. The van der Waals surface area contributed by atoms with Crippen LogP contribution in [0.15, 0.2) is 47.3 Å². The van der Waals surface area contributed by atoms with Gasteiger partial charge in [-0.25, -0.2) is 18.2 Å². The average molecular weight is 696 g/mol. The van der Waals surface area contributed by atoms with Gasteiger partial charge in [-0.15, -0.1) is 0 Å². The number of carbonyl (C=O) groups is 4. The number of aromatic hydroxyl groups is 1. The predicted octanol–water partition coefficient (Wildman–Crippen LogP) is 3.08. The standard InChI is InChI=1S/C32H34FN7O8S/c1-37-24-15-20(3-5-22(24)40(32(37)46)23-6-7-26(42)35-31(23)45)38-10-8-17(9-11-38)12-27(43)34-19-2-4-21-18(13-19)14-25(41)30(29(21)33)39-16-28(44)36-49(39,47)48/h2-5,13-15,17,23,41,47-48H,6-12,16H2,1H3,(H,34,43)(H,36,44)(H,35,42,45). The fourth-order valence-corrected chi connectivity index (χ4v) is 8.17. The SMILES string of the molecule is Cn1c(=O)n(C2CCC(=O)NC2=O)c2ccc(N3CCC(CC(=O)Nc4ccc5c(F)c(N6CC(=O)NS6(O)O)c(O)cc5c4)CC3)cc21. The number of aromatic nitrogens is 2. The maximum absolute atomic E-state index is 15.4. The summed E-state index contributed by atoms with van der Waals surface area (Å²) in [5, 5.41) is 16.0.